The number of carbonyl (C=O) groups is 2. The molecule has 1 aromatic carbocycles. The Kier molecular flexibility index (Phi) is 4.28. The van der Waals surface area contributed by atoms with E-state index in [-0.39, 0.29) is 11.9 Å². The summed E-state index contributed by atoms with van der Waals surface area (Å²) in [5.74, 6) is -0.300. The summed E-state index contributed by atoms with van der Waals surface area (Å²) in [6, 6.07) is 3.92. The van der Waals surface area contributed by atoms with E-state index in [2.05, 4.69) is 20.7 Å². The van der Waals surface area contributed by atoms with Gasteiger partial charge in [0, 0.05) is 23.5 Å². The molecule has 1 aliphatic heterocycles. The number of rotatable bonds is 2. The molecule has 2 rings (SSSR count). The van der Waals surface area contributed by atoms with Crippen molar-refractivity contribution < 1.29 is 14.3 Å². The second kappa shape index (κ2) is 5.79. The van der Waals surface area contributed by atoms with Gasteiger partial charge in [-0.05, 0) is 58.6 Å². The monoisotopic (exact) mass is 337 g/mol. The van der Waals surface area contributed by atoms with Crippen molar-refractivity contribution in [3.8, 4) is 0 Å². The van der Waals surface area contributed by atoms with E-state index in [0.717, 1.165) is 27.7 Å². The van der Waals surface area contributed by atoms with Crippen LogP contribution in [0, 0.1) is 0 Å². The zero-order valence-corrected chi connectivity index (χ0v) is 13.3. The third-order valence-corrected chi connectivity index (χ3v) is 3.91. The molecule has 0 saturated carbocycles. The van der Waals surface area contributed by atoms with Gasteiger partial charge in [-0.2, -0.15) is 0 Å². The Bertz CT molecular complexity index is 607. The number of carbonyl (C=O) groups excluding carboxylic acids is 2. The van der Waals surface area contributed by atoms with Crippen molar-refractivity contribution in [1.29, 1.82) is 0 Å². The van der Waals surface area contributed by atoms with Gasteiger partial charge in [-0.15, -0.1) is 0 Å². The van der Waals surface area contributed by atoms with Gasteiger partial charge in [0.25, 0.3) is 0 Å². The maximum absolute atomic E-state index is 11.6. The Balaban J connectivity index is 2.40. The van der Waals surface area contributed by atoms with Crippen LogP contribution in [0.1, 0.15) is 25.0 Å². The quantitative estimate of drug-likeness (QED) is 0.615. The fourth-order valence-electron chi connectivity index (χ4n) is 2.38. The Morgan fingerprint density at radius 2 is 2.05 bits per heavy atom. The number of ether oxygens (including phenoxy) is 1. The van der Waals surface area contributed by atoms with Crippen molar-refractivity contribution in [2.24, 2.45) is 0 Å². The second-order valence-electron chi connectivity index (χ2n) is 4.75. The number of esters is 1. The van der Waals surface area contributed by atoms with E-state index in [1.54, 1.807) is 24.8 Å². The van der Waals surface area contributed by atoms with E-state index in [9.17, 15) is 9.59 Å². The number of nitrogens with zero attached hydrogens (tertiary/aromatic N) is 1. The van der Waals surface area contributed by atoms with Crippen LogP contribution in [0.4, 0.5) is 5.69 Å². The molecular formula is C15H16BrNO3. The number of hydrogen-bond donors (Lipinski definition) is 0. The number of hydrogen-bond acceptors (Lipinski definition) is 3. The van der Waals surface area contributed by atoms with E-state index in [1.807, 2.05) is 12.1 Å². The first-order valence-electron chi connectivity index (χ1n) is 6.31. The molecule has 0 fully saturated rings. The maximum atomic E-state index is 11.6. The van der Waals surface area contributed by atoms with Crippen molar-refractivity contribution in [3.05, 3.63) is 33.3 Å². The highest BCUT2D eigenvalue weighted by Gasteiger charge is 2.25. The van der Waals surface area contributed by atoms with Crippen LogP contribution in [0.3, 0.4) is 0 Å². The van der Waals surface area contributed by atoms with Crippen LogP contribution in [-0.4, -0.2) is 25.5 Å². The largest absolute Gasteiger partial charge is 0.466 e. The minimum atomic E-state index is -0.341. The Morgan fingerprint density at radius 1 is 1.35 bits per heavy atom. The number of methoxy groups -OCH3 is 1. The highest BCUT2D eigenvalue weighted by atomic mass is 79.9. The molecule has 20 heavy (non-hydrogen) atoms. The van der Waals surface area contributed by atoms with Gasteiger partial charge in [-0.1, -0.05) is 0 Å². The molecule has 1 aliphatic rings. The van der Waals surface area contributed by atoms with Gasteiger partial charge in [-0.3, -0.25) is 4.79 Å². The zero-order valence-electron chi connectivity index (χ0n) is 11.7. The average molecular weight is 338 g/mol. The molecule has 0 radical (unpaired) electrons. The molecule has 0 aliphatic carbocycles. The van der Waals surface area contributed by atoms with Crippen LogP contribution in [0.25, 0.3) is 6.08 Å². The third-order valence-electron chi connectivity index (χ3n) is 3.31. The molecule has 1 amide bonds. The molecule has 0 atom stereocenters. The fraction of sp³-hybridized carbons (Fsp3) is 0.333. The molecule has 0 spiro atoms. The normalized spacial score (nSPS) is 14.2. The Hall–Kier alpha value is -1.62. The number of amides is 1. The lowest BCUT2D eigenvalue weighted by molar-refractivity contribution is -0.135. The molecular weight excluding hydrogens is 322 g/mol. The summed E-state index contributed by atoms with van der Waals surface area (Å²) in [6.45, 7) is 3.98. The second-order valence-corrected chi connectivity index (χ2v) is 5.60. The molecule has 1 aromatic rings. The third kappa shape index (κ3) is 2.77. The van der Waals surface area contributed by atoms with E-state index >= 15 is 0 Å². The highest BCUT2D eigenvalue weighted by Crippen LogP contribution is 2.37. The van der Waals surface area contributed by atoms with Crippen LogP contribution in [0.5, 0.6) is 0 Å². The number of fused-ring (bicyclic) bond motifs is 1. The van der Waals surface area contributed by atoms with Crippen molar-refractivity contribution >= 4 is 39.6 Å². The molecule has 5 heteroatoms. The molecule has 0 aromatic heterocycles. The summed E-state index contributed by atoms with van der Waals surface area (Å²) < 4.78 is 5.55. The topological polar surface area (TPSA) is 46.6 Å². The van der Waals surface area contributed by atoms with Crippen molar-refractivity contribution in [2.75, 3.05) is 18.6 Å². The number of halogens is 1. The van der Waals surface area contributed by atoms with Crippen molar-refractivity contribution in [2.45, 2.75) is 20.3 Å². The van der Waals surface area contributed by atoms with E-state index in [0.29, 0.717) is 12.1 Å². The highest BCUT2D eigenvalue weighted by molar-refractivity contribution is 9.10. The minimum Gasteiger partial charge on any atom is -0.466 e. The van der Waals surface area contributed by atoms with Gasteiger partial charge in [0.05, 0.1) is 12.8 Å². The van der Waals surface area contributed by atoms with Crippen LogP contribution in [0.15, 0.2) is 22.2 Å². The molecule has 0 saturated heterocycles. The predicted octanol–water partition coefficient (Wildman–Crippen LogP) is 2.93. The Morgan fingerprint density at radius 3 is 2.65 bits per heavy atom. The van der Waals surface area contributed by atoms with Crippen LogP contribution in [-0.2, 0) is 20.7 Å². The van der Waals surface area contributed by atoms with E-state index in [1.165, 1.54) is 7.11 Å². The predicted molar refractivity (Wildman–Crippen MR) is 81.5 cm³/mol. The first kappa shape index (κ1) is 14.8. The number of anilines is 1. The maximum Gasteiger partial charge on any atom is 0.333 e. The lowest BCUT2D eigenvalue weighted by Crippen LogP contribution is -2.26. The van der Waals surface area contributed by atoms with Crippen LogP contribution >= 0.6 is 15.9 Å². The van der Waals surface area contributed by atoms with Gasteiger partial charge in [-0.25, -0.2) is 4.79 Å². The molecule has 0 unspecified atom stereocenters. The number of benzene rings is 1. The van der Waals surface area contributed by atoms with Gasteiger partial charge in [0.15, 0.2) is 0 Å². The van der Waals surface area contributed by atoms with Crippen molar-refractivity contribution in [3.63, 3.8) is 0 Å². The average Bonchev–Trinajstić information content (AvgIpc) is 2.82. The van der Waals surface area contributed by atoms with Gasteiger partial charge < -0.3 is 9.64 Å². The molecule has 106 valence electrons. The lowest BCUT2D eigenvalue weighted by atomic mass is 10.1. The summed E-state index contributed by atoms with van der Waals surface area (Å²) in [5.41, 5.74) is 3.51. The Labute approximate surface area is 126 Å². The minimum absolute atomic E-state index is 0.0403. The van der Waals surface area contributed by atoms with Gasteiger partial charge >= 0.3 is 5.97 Å². The van der Waals surface area contributed by atoms with Crippen LogP contribution < -0.4 is 4.90 Å². The molecule has 0 N–H and O–H groups in total. The SMILES string of the molecule is COC(=O)C(C)=Cc1cc(Br)c2c(c1)CCN2C(C)=O. The first-order valence-corrected chi connectivity index (χ1v) is 7.10. The van der Waals surface area contributed by atoms with Gasteiger partial charge in [0.1, 0.15) is 0 Å². The lowest BCUT2D eigenvalue weighted by Gasteiger charge is -2.16. The van der Waals surface area contributed by atoms with Gasteiger partial charge in [0.2, 0.25) is 5.91 Å². The summed E-state index contributed by atoms with van der Waals surface area (Å²) in [6.07, 6.45) is 2.61. The summed E-state index contributed by atoms with van der Waals surface area (Å²) in [7, 11) is 1.36. The fourth-order valence-corrected chi connectivity index (χ4v) is 3.12. The van der Waals surface area contributed by atoms with Crippen molar-refractivity contribution in [1.82, 2.24) is 0 Å². The zero-order chi connectivity index (χ0) is 14.9. The van der Waals surface area contributed by atoms with E-state index in [4.69, 9.17) is 0 Å². The smallest absolute Gasteiger partial charge is 0.333 e. The molecule has 0 bridgehead atoms. The standard InChI is InChI=1S/C15H16BrNO3/c1-9(15(19)20-3)6-11-7-12-4-5-17(10(2)18)14(12)13(16)8-11/h6-8H,4-5H2,1-3H3. The summed E-state index contributed by atoms with van der Waals surface area (Å²) >= 11 is 3.51. The summed E-state index contributed by atoms with van der Waals surface area (Å²) in [4.78, 5) is 24.8. The van der Waals surface area contributed by atoms with E-state index < -0.39 is 0 Å². The summed E-state index contributed by atoms with van der Waals surface area (Å²) in [5, 5.41) is 0. The molecule has 4 nitrogen and oxygen atoms in total. The van der Waals surface area contributed by atoms with Crippen LogP contribution in [0.2, 0.25) is 0 Å². The molecule has 1 heterocycles. The first-order chi connectivity index (χ1) is 9.43.